The molecule has 0 heterocycles. The number of nitro benzene ring substituents is 1. The van der Waals surface area contributed by atoms with E-state index in [0.29, 0.717) is 17.1 Å². The molecule has 0 spiro atoms. The number of thioether (sulfide) groups is 1. The molecule has 0 aliphatic heterocycles. The van der Waals surface area contributed by atoms with Crippen LogP contribution in [0.4, 0.5) is 5.69 Å². The van der Waals surface area contributed by atoms with Crippen molar-refractivity contribution in [3.8, 4) is 0 Å². The molecule has 1 aromatic rings. The number of halogens is 1. The van der Waals surface area contributed by atoms with Crippen molar-refractivity contribution < 1.29 is 4.92 Å². The van der Waals surface area contributed by atoms with E-state index in [0.717, 1.165) is 4.90 Å². The Morgan fingerprint density at radius 3 is 2.67 bits per heavy atom. The third kappa shape index (κ3) is 2.01. The number of nitrogens with zero attached hydrogens (tertiary/aromatic N) is 1. The van der Waals surface area contributed by atoms with Gasteiger partial charge < -0.3 is 0 Å². The van der Waals surface area contributed by atoms with Crippen molar-refractivity contribution in [3.05, 3.63) is 34.4 Å². The molecule has 2 saturated carbocycles. The molecule has 0 amide bonds. The number of hydrogen-bond acceptors (Lipinski definition) is 3. The van der Waals surface area contributed by atoms with Crippen LogP contribution in [-0.2, 0) is 0 Å². The van der Waals surface area contributed by atoms with Gasteiger partial charge in [-0.05, 0) is 37.2 Å². The van der Waals surface area contributed by atoms with Crippen LogP contribution >= 0.6 is 23.4 Å². The average Bonchev–Trinajstić information content (AvgIpc) is 2.93. The van der Waals surface area contributed by atoms with E-state index in [1.54, 1.807) is 23.9 Å². The van der Waals surface area contributed by atoms with Gasteiger partial charge in [-0.2, -0.15) is 0 Å². The van der Waals surface area contributed by atoms with Crippen molar-refractivity contribution in [1.29, 1.82) is 0 Å². The predicted octanol–water partition coefficient (Wildman–Crippen LogP) is 4.09. The van der Waals surface area contributed by atoms with Crippen molar-refractivity contribution in [3.63, 3.8) is 0 Å². The molecule has 2 aliphatic carbocycles. The lowest BCUT2D eigenvalue weighted by Gasteiger charge is -2.25. The maximum absolute atomic E-state index is 11.0. The summed E-state index contributed by atoms with van der Waals surface area (Å²) < 4.78 is 0. The number of hydrogen-bond donors (Lipinski definition) is 0. The molecule has 5 heteroatoms. The molecule has 96 valence electrons. The Labute approximate surface area is 115 Å². The smallest absolute Gasteiger partial charge is 0.258 e. The highest BCUT2D eigenvalue weighted by molar-refractivity contribution is 8.00. The summed E-state index contributed by atoms with van der Waals surface area (Å²) >= 11 is 8.07. The lowest BCUT2D eigenvalue weighted by molar-refractivity contribution is -0.387. The molecule has 2 bridgehead atoms. The van der Waals surface area contributed by atoms with Gasteiger partial charge in [0.25, 0.3) is 5.69 Å². The molecule has 4 atom stereocenters. The number of nitro groups is 1. The van der Waals surface area contributed by atoms with E-state index in [4.69, 9.17) is 11.6 Å². The summed E-state index contributed by atoms with van der Waals surface area (Å²) in [5.74, 6) is 1.26. The SMILES string of the molecule is O=[N+]([O-])c1ccccc1S[C@@H]1[C@H]2CC[C@H](C2)[C@H]1Cl. The van der Waals surface area contributed by atoms with Gasteiger partial charge in [-0.15, -0.1) is 23.4 Å². The summed E-state index contributed by atoms with van der Waals surface area (Å²) in [6, 6.07) is 6.96. The van der Waals surface area contributed by atoms with Crippen LogP contribution < -0.4 is 0 Å². The van der Waals surface area contributed by atoms with Crippen LogP contribution in [0.1, 0.15) is 19.3 Å². The second-order valence-electron chi connectivity index (χ2n) is 5.08. The minimum Gasteiger partial charge on any atom is -0.258 e. The molecule has 2 aliphatic rings. The van der Waals surface area contributed by atoms with Crippen LogP contribution in [0.3, 0.4) is 0 Å². The van der Waals surface area contributed by atoms with E-state index in [1.165, 1.54) is 19.3 Å². The Kier molecular flexibility index (Phi) is 3.24. The average molecular weight is 284 g/mol. The fourth-order valence-electron chi connectivity index (χ4n) is 3.18. The first-order chi connectivity index (χ1) is 8.66. The van der Waals surface area contributed by atoms with Crippen LogP contribution in [0.25, 0.3) is 0 Å². The Morgan fingerprint density at radius 1 is 1.28 bits per heavy atom. The Bertz CT molecular complexity index is 480. The molecule has 18 heavy (non-hydrogen) atoms. The van der Waals surface area contributed by atoms with E-state index >= 15 is 0 Å². The minimum atomic E-state index is -0.307. The largest absolute Gasteiger partial charge is 0.282 e. The highest BCUT2D eigenvalue weighted by atomic mass is 35.5. The van der Waals surface area contributed by atoms with E-state index in [1.807, 2.05) is 12.1 Å². The molecular weight excluding hydrogens is 270 g/mol. The first kappa shape index (κ1) is 12.3. The first-order valence-corrected chi connectivity index (χ1v) is 7.52. The van der Waals surface area contributed by atoms with Crippen LogP contribution in [0, 0.1) is 22.0 Å². The van der Waals surface area contributed by atoms with Gasteiger partial charge in [-0.1, -0.05) is 12.1 Å². The zero-order valence-electron chi connectivity index (χ0n) is 9.79. The van der Waals surface area contributed by atoms with Gasteiger partial charge in [0.05, 0.1) is 9.82 Å². The lowest BCUT2D eigenvalue weighted by atomic mass is 10.00. The topological polar surface area (TPSA) is 43.1 Å². The normalized spacial score (nSPS) is 33.8. The number of benzene rings is 1. The van der Waals surface area contributed by atoms with E-state index in [2.05, 4.69) is 0 Å². The summed E-state index contributed by atoms with van der Waals surface area (Å²) in [6.07, 6.45) is 3.66. The summed E-state index contributed by atoms with van der Waals surface area (Å²) in [4.78, 5) is 11.4. The van der Waals surface area contributed by atoms with Crippen LogP contribution in [0.15, 0.2) is 29.2 Å². The van der Waals surface area contributed by atoms with Gasteiger partial charge in [-0.25, -0.2) is 0 Å². The molecule has 2 fully saturated rings. The number of rotatable bonds is 3. The monoisotopic (exact) mass is 283 g/mol. The molecule has 1 aromatic carbocycles. The molecular formula is C13H14ClNO2S. The van der Waals surface area contributed by atoms with Crippen molar-refractivity contribution in [2.24, 2.45) is 11.8 Å². The highest BCUT2D eigenvalue weighted by Crippen LogP contribution is 2.54. The highest BCUT2D eigenvalue weighted by Gasteiger charge is 2.47. The minimum absolute atomic E-state index is 0.175. The quantitative estimate of drug-likeness (QED) is 0.477. The summed E-state index contributed by atoms with van der Waals surface area (Å²) in [5, 5.41) is 11.5. The van der Waals surface area contributed by atoms with E-state index in [9.17, 15) is 10.1 Å². The van der Waals surface area contributed by atoms with Crippen molar-refractivity contribution in [1.82, 2.24) is 0 Å². The number of para-hydroxylation sites is 1. The predicted molar refractivity (Wildman–Crippen MR) is 73.2 cm³/mol. The zero-order valence-corrected chi connectivity index (χ0v) is 11.4. The third-order valence-electron chi connectivity index (χ3n) is 4.07. The maximum Gasteiger partial charge on any atom is 0.282 e. The molecule has 0 saturated heterocycles. The van der Waals surface area contributed by atoms with Crippen molar-refractivity contribution >= 4 is 29.1 Å². The van der Waals surface area contributed by atoms with Gasteiger partial charge in [0.1, 0.15) is 0 Å². The Morgan fingerprint density at radius 2 is 2.00 bits per heavy atom. The first-order valence-electron chi connectivity index (χ1n) is 6.21. The van der Waals surface area contributed by atoms with Crippen molar-refractivity contribution in [2.75, 3.05) is 0 Å². The van der Waals surface area contributed by atoms with Crippen LogP contribution in [-0.4, -0.2) is 15.6 Å². The zero-order chi connectivity index (χ0) is 12.7. The molecule has 3 rings (SSSR count). The molecule has 0 radical (unpaired) electrons. The number of alkyl halides is 1. The van der Waals surface area contributed by atoms with Crippen molar-refractivity contribution in [2.45, 2.75) is 34.8 Å². The van der Waals surface area contributed by atoms with Gasteiger partial charge in [0.2, 0.25) is 0 Å². The molecule has 0 N–H and O–H groups in total. The van der Waals surface area contributed by atoms with Crippen LogP contribution in [0.2, 0.25) is 0 Å². The fourth-order valence-corrected chi connectivity index (χ4v) is 5.28. The Balaban J connectivity index is 1.83. The molecule has 0 unspecified atom stereocenters. The summed E-state index contributed by atoms with van der Waals surface area (Å²) in [6.45, 7) is 0. The third-order valence-corrected chi connectivity index (χ3v) is 6.39. The van der Waals surface area contributed by atoms with E-state index < -0.39 is 0 Å². The van der Waals surface area contributed by atoms with Gasteiger partial charge in [-0.3, -0.25) is 10.1 Å². The fraction of sp³-hybridized carbons (Fsp3) is 0.538. The standard InChI is InChI=1S/C13H14ClNO2S/c14-12-8-5-6-9(7-8)13(12)18-11-4-2-1-3-10(11)15(16)17/h1-4,8-9,12-13H,5-7H2/t8-,9+,12-,13-/m1/s1. The molecule has 0 aromatic heterocycles. The lowest BCUT2D eigenvalue weighted by Crippen LogP contribution is -2.25. The number of fused-ring (bicyclic) bond motifs is 2. The van der Waals surface area contributed by atoms with Crippen LogP contribution in [0.5, 0.6) is 0 Å². The van der Waals surface area contributed by atoms with Gasteiger partial charge in [0, 0.05) is 16.7 Å². The second kappa shape index (κ2) is 4.74. The van der Waals surface area contributed by atoms with E-state index in [-0.39, 0.29) is 16.0 Å². The summed E-state index contributed by atoms with van der Waals surface area (Å²) in [5.41, 5.74) is 0.203. The molecule has 3 nitrogen and oxygen atoms in total. The summed E-state index contributed by atoms with van der Waals surface area (Å²) in [7, 11) is 0. The van der Waals surface area contributed by atoms with Gasteiger partial charge >= 0.3 is 0 Å². The Hall–Kier alpha value is -0.740. The van der Waals surface area contributed by atoms with Gasteiger partial charge in [0.15, 0.2) is 0 Å². The maximum atomic E-state index is 11.0. The second-order valence-corrected chi connectivity index (χ2v) is 6.81.